The van der Waals surface area contributed by atoms with Gasteiger partial charge in [0.1, 0.15) is 0 Å². The summed E-state index contributed by atoms with van der Waals surface area (Å²) in [7, 11) is 1.42. The Morgan fingerprint density at radius 2 is 2.26 bits per heavy atom. The minimum Gasteiger partial charge on any atom is -0.493 e. The summed E-state index contributed by atoms with van der Waals surface area (Å²) >= 11 is 5.83. The number of nitrogens with one attached hydrogen (secondary N) is 1. The van der Waals surface area contributed by atoms with Crippen LogP contribution in [0.25, 0.3) is 0 Å². The summed E-state index contributed by atoms with van der Waals surface area (Å²) in [6.45, 7) is 3.60. The second-order valence-electron chi connectivity index (χ2n) is 3.53. The summed E-state index contributed by atoms with van der Waals surface area (Å²) in [5.74, 6) is 0.163. The van der Waals surface area contributed by atoms with E-state index in [1.165, 1.54) is 19.2 Å². The van der Waals surface area contributed by atoms with Crippen molar-refractivity contribution in [1.82, 2.24) is 5.32 Å². The number of amides is 1. The molecule has 6 heteroatoms. The van der Waals surface area contributed by atoms with Crippen molar-refractivity contribution < 1.29 is 19.1 Å². The molecule has 1 N–H and O–H groups in total. The Hall–Kier alpha value is -2.01. The second-order valence-corrected chi connectivity index (χ2v) is 3.96. The number of carbonyl (C=O) groups excluding carboxylic acids is 2. The molecule has 1 aromatic rings. The number of hydrogen-bond acceptors (Lipinski definition) is 4. The van der Waals surface area contributed by atoms with Gasteiger partial charge in [0.25, 0.3) is 5.91 Å². The summed E-state index contributed by atoms with van der Waals surface area (Å²) in [5, 5.41) is 2.90. The molecule has 0 atom stereocenters. The topological polar surface area (TPSA) is 64.6 Å². The molecule has 0 radical (unpaired) electrons. The van der Waals surface area contributed by atoms with E-state index in [4.69, 9.17) is 21.1 Å². The number of aldehydes is 1. The Balaban J connectivity index is 2.84. The lowest BCUT2D eigenvalue weighted by atomic mass is 10.2. The first-order valence-electron chi connectivity index (χ1n) is 5.45. The molecule has 0 spiro atoms. The van der Waals surface area contributed by atoms with E-state index in [-0.39, 0.29) is 23.8 Å². The van der Waals surface area contributed by atoms with Crippen LogP contribution in [0, 0.1) is 0 Å². The molecular weight excluding hydrogens is 270 g/mol. The van der Waals surface area contributed by atoms with Gasteiger partial charge in [0, 0.05) is 17.6 Å². The summed E-state index contributed by atoms with van der Waals surface area (Å²) in [4.78, 5) is 22.4. The summed E-state index contributed by atoms with van der Waals surface area (Å²) in [6, 6.07) is 2.94. The lowest BCUT2D eigenvalue weighted by Gasteiger charge is -2.12. The van der Waals surface area contributed by atoms with Crippen LogP contribution in [0.5, 0.6) is 11.5 Å². The van der Waals surface area contributed by atoms with Crippen molar-refractivity contribution >= 4 is 23.8 Å². The zero-order valence-electron chi connectivity index (χ0n) is 10.4. The van der Waals surface area contributed by atoms with Gasteiger partial charge in [-0.3, -0.25) is 9.59 Å². The van der Waals surface area contributed by atoms with Crippen LogP contribution in [-0.2, 0) is 4.79 Å². The molecule has 19 heavy (non-hydrogen) atoms. The predicted octanol–water partition coefficient (Wildman–Crippen LogP) is 1.84. The third kappa shape index (κ3) is 4.30. The number of rotatable bonds is 7. The van der Waals surface area contributed by atoms with Crippen molar-refractivity contribution in [2.75, 3.05) is 20.3 Å². The van der Waals surface area contributed by atoms with Crippen LogP contribution in [0.1, 0.15) is 10.4 Å². The Bertz CT molecular complexity index is 488. The Kier molecular flexibility index (Phi) is 5.89. The highest BCUT2D eigenvalue weighted by atomic mass is 35.5. The number of ether oxygens (including phenoxy) is 2. The van der Waals surface area contributed by atoms with Crippen LogP contribution in [0.2, 0.25) is 5.02 Å². The van der Waals surface area contributed by atoms with Crippen LogP contribution in [0.15, 0.2) is 24.8 Å². The van der Waals surface area contributed by atoms with Gasteiger partial charge in [0.15, 0.2) is 24.4 Å². The van der Waals surface area contributed by atoms with Crippen LogP contribution < -0.4 is 14.8 Å². The molecule has 1 rings (SSSR count). The molecule has 0 heterocycles. The van der Waals surface area contributed by atoms with Crippen molar-refractivity contribution in [3.05, 3.63) is 35.4 Å². The summed E-state index contributed by atoms with van der Waals surface area (Å²) in [6.07, 6.45) is 2.14. The number of carbonyl (C=O) groups is 2. The maximum atomic E-state index is 11.4. The largest absolute Gasteiger partial charge is 0.493 e. The Morgan fingerprint density at radius 1 is 1.53 bits per heavy atom. The molecule has 0 bridgehead atoms. The van der Waals surface area contributed by atoms with Gasteiger partial charge in [-0.2, -0.15) is 0 Å². The first kappa shape index (κ1) is 15.0. The van der Waals surface area contributed by atoms with Crippen molar-refractivity contribution in [2.45, 2.75) is 0 Å². The fourth-order valence-electron chi connectivity index (χ4n) is 1.36. The lowest BCUT2D eigenvalue weighted by Crippen LogP contribution is -2.29. The SMILES string of the molecule is C=CCNC(=O)COc1c(C=O)cc(Cl)cc1OC. The van der Waals surface area contributed by atoms with Crippen LogP contribution >= 0.6 is 11.6 Å². The molecule has 0 saturated carbocycles. The van der Waals surface area contributed by atoms with Gasteiger partial charge in [-0.15, -0.1) is 6.58 Å². The number of hydrogen-bond donors (Lipinski definition) is 1. The highest BCUT2D eigenvalue weighted by Gasteiger charge is 2.13. The minimum absolute atomic E-state index is 0.190. The highest BCUT2D eigenvalue weighted by molar-refractivity contribution is 6.31. The lowest BCUT2D eigenvalue weighted by molar-refractivity contribution is -0.122. The molecule has 1 amide bonds. The molecule has 1 aromatic carbocycles. The van der Waals surface area contributed by atoms with Gasteiger partial charge >= 0.3 is 0 Å². The van der Waals surface area contributed by atoms with Crippen LogP contribution in [-0.4, -0.2) is 32.5 Å². The fourth-order valence-corrected chi connectivity index (χ4v) is 1.57. The van der Waals surface area contributed by atoms with Gasteiger partial charge in [-0.25, -0.2) is 0 Å². The molecule has 0 aliphatic rings. The molecule has 0 unspecified atom stereocenters. The molecule has 5 nitrogen and oxygen atoms in total. The van der Waals surface area contributed by atoms with Crippen molar-refractivity contribution in [2.24, 2.45) is 0 Å². The normalized spacial score (nSPS) is 9.58. The third-order valence-electron chi connectivity index (χ3n) is 2.19. The molecule has 0 aromatic heterocycles. The van der Waals surface area contributed by atoms with E-state index >= 15 is 0 Å². The van der Waals surface area contributed by atoms with E-state index in [1.54, 1.807) is 6.08 Å². The van der Waals surface area contributed by atoms with Gasteiger partial charge in [-0.05, 0) is 6.07 Å². The zero-order valence-corrected chi connectivity index (χ0v) is 11.2. The Labute approximate surface area is 116 Å². The Morgan fingerprint density at radius 3 is 2.84 bits per heavy atom. The standard InChI is InChI=1S/C13H14ClNO4/c1-3-4-15-12(17)8-19-13-9(7-16)5-10(14)6-11(13)18-2/h3,5-7H,1,4,8H2,2H3,(H,15,17). The monoisotopic (exact) mass is 283 g/mol. The number of halogens is 1. The maximum Gasteiger partial charge on any atom is 0.258 e. The first-order valence-corrected chi connectivity index (χ1v) is 5.83. The van der Waals surface area contributed by atoms with Gasteiger partial charge in [0.2, 0.25) is 0 Å². The van der Waals surface area contributed by atoms with E-state index in [9.17, 15) is 9.59 Å². The summed E-state index contributed by atoms with van der Waals surface area (Å²) < 4.78 is 10.4. The van der Waals surface area contributed by atoms with E-state index in [1.807, 2.05) is 0 Å². The second kappa shape index (κ2) is 7.43. The molecule has 0 aliphatic heterocycles. The van der Waals surface area contributed by atoms with E-state index in [0.29, 0.717) is 23.6 Å². The predicted molar refractivity (Wildman–Crippen MR) is 72.1 cm³/mol. The van der Waals surface area contributed by atoms with Crippen molar-refractivity contribution in [1.29, 1.82) is 0 Å². The molecule has 0 fully saturated rings. The van der Waals surface area contributed by atoms with Crippen molar-refractivity contribution in [3.63, 3.8) is 0 Å². The van der Waals surface area contributed by atoms with Gasteiger partial charge in [-0.1, -0.05) is 17.7 Å². The third-order valence-corrected chi connectivity index (χ3v) is 2.40. The molecule has 0 saturated heterocycles. The van der Waals surface area contributed by atoms with E-state index in [2.05, 4.69) is 11.9 Å². The smallest absolute Gasteiger partial charge is 0.258 e. The molecular formula is C13H14ClNO4. The zero-order chi connectivity index (χ0) is 14.3. The summed E-state index contributed by atoms with van der Waals surface area (Å²) in [5.41, 5.74) is 0.223. The van der Waals surface area contributed by atoms with Crippen LogP contribution in [0.3, 0.4) is 0 Å². The van der Waals surface area contributed by atoms with Gasteiger partial charge in [0.05, 0.1) is 12.7 Å². The average molecular weight is 284 g/mol. The number of methoxy groups -OCH3 is 1. The minimum atomic E-state index is -0.325. The highest BCUT2D eigenvalue weighted by Crippen LogP contribution is 2.33. The first-order chi connectivity index (χ1) is 9.12. The van der Waals surface area contributed by atoms with Crippen LogP contribution in [0.4, 0.5) is 0 Å². The van der Waals surface area contributed by atoms with E-state index < -0.39 is 0 Å². The quantitative estimate of drug-likeness (QED) is 0.613. The molecule has 0 aliphatic carbocycles. The van der Waals surface area contributed by atoms with Gasteiger partial charge < -0.3 is 14.8 Å². The van der Waals surface area contributed by atoms with E-state index in [0.717, 1.165) is 0 Å². The average Bonchev–Trinajstić information content (AvgIpc) is 2.42. The molecule has 102 valence electrons. The maximum absolute atomic E-state index is 11.4. The number of benzene rings is 1. The van der Waals surface area contributed by atoms with Crippen molar-refractivity contribution in [3.8, 4) is 11.5 Å². The fraction of sp³-hybridized carbons (Fsp3) is 0.231.